The number of hydrogen-bond acceptors (Lipinski definition) is 5. The van der Waals surface area contributed by atoms with E-state index in [1.807, 2.05) is 50.2 Å². The molecule has 0 amide bonds. The fraction of sp³-hybridized carbons (Fsp3) is 0.345. The molecule has 6 heteroatoms. The molecule has 0 aliphatic carbocycles. The van der Waals surface area contributed by atoms with E-state index in [2.05, 4.69) is 12.2 Å². The molecule has 4 rings (SSSR count). The first kappa shape index (κ1) is 24.7. The van der Waals surface area contributed by atoms with E-state index in [1.54, 1.807) is 24.3 Å². The van der Waals surface area contributed by atoms with Crippen molar-refractivity contribution >= 4 is 11.7 Å². The Balaban J connectivity index is 1.60. The molecular weight excluding hydrogens is 445 g/mol. The molecule has 2 unspecified atom stereocenters. The van der Waals surface area contributed by atoms with Crippen molar-refractivity contribution in [3.05, 3.63) is 95.3 Å². The molecule has 5 nitrogen and oxygen atoms in total. The second-order valence-electron chi connectivity index (χ2n) is 9.28. The van der Waals surface area contributed by atoms with Gasteiger partial charge in [0.15, 0.2) is 6.10 Å². The van der Waals surface area contributed by atoms with Crippen LogP contribution in [-0.2, 0) is 16.0 Å². The van der Waals surface area contributed by atoms with Gasteiger partial charge in [0.25, 0.3) is 0 Å². The van der Waals surface area contributed by atoms with Gasteiger partial charge in [0.2, 0.25) is 0 Å². The van der Waals surface area contributed by atoms with Crippen LogP contribution in [0, 0.1) is 5.82 Å². The molecule has 1 aliphatic rings. The highest BCUT2D eigenvalue weighted by Crippen LogP contribution is 2.44. The lowest BCUT2D eigenvalue weighted by Gasteiger charge is -2.43. The van der Waals surface area contributed by atoms with Gasteiger partial charge in [0, 0.05) is 24.4 Å². The number of fused-ring (bicyclic) bond motifs is 1. The molecule has 1 heterocycles. The summed E-state index contributed by atoms with van der Waals surface area (Å²) in [5.74, 6) is 0.0340. The van der Waals surface area contributed by atoms with E-state index < -0.39 is 23.8 Å². The molecule has 35 heavy (non-hydrogen) atoms. The third-order valence-electron chi connectivity index (χ3n) is 6.10. The summed E-state index contributed by atoms with van der Waals surface area (Å²) in [5.41, 5.74) is 2.35. The van der Waals surface area contributed by atoms with Crippen LogP contribution >= 0.6 is 0 Å². The first-order valence-electron chi connectivity index (χ1n) is 12.1. The number of anilines is 1. The third-order valence-corrected chi connectivity index (χ3v) is 6.10. The second kappa shape index (κ2) is 10.9. The SMILES string of the molecule is CCCCOC1c2cc(NCc3ccc(F)cc3)ccc2OC(C)(C)C1OC(=O)c1ccccc1. The van der Waals surface area contributed by atoms with Crippen LogP contribution in [0.2, 0.25) is 0 Å². The van der Waals surface area contributed by atoms with Crippen LogP contribution in [0.25, 0.3) is 0 Å². The predicted octanol–water partition coefficient (Wildman–Crippen LogP) is 6.69. The molecule has 0 aromatic heterocycles. The molecule has 0 saturated heterocycles. The molecule has 0 saturated carbocycles. The molecule has 1 aliphatic heterocycles. The summed E-state index contributed by atoms with van der Waals surface area (Å²) in [6.45, 7) is 7.02. The van der Waals surface area contributed by atoms with Crippen molar-refractivity contribution < 1.29 is 23.4 Å². The van der Waals surface area contributed by atoms with Crippen molar-refractivity contribution in [1.82, 2.24) is 0 Å². The first-order chi connectivity index (χ1) is 16.9. The minimum atomic E-state index is -0.794. The van der Waals surface area contributed by atoms with Crippen LogP contribution in [0.1, 0.15) is 61.2 Å². The lowest BCUT2D eigenvalue weighted by molar-refractivity contribution is -0.140. The Morgan fingerprint density at radius 3 is 2.51 bits per heavy atom. The van der Waals surface area contributed by atoms with Crippen molar-refractivity contribution in [3.8, 4) is 5.75 Å². The highest BCUT2D eigenvalue weighted by molar-refractivity contribution is 5.89. The second-order valence-corrected chi connectivity index (χ2v) is 9.28. The van der Waals surface area contributed by atoms with Crippen LogP contribution in [0.5, 0.6) is 5.75 Å². The Labute approximate surface area is 206 Å². The van der Waals surface area contributed by atoms with Gasteiger partial charge < -0.3 is 19.5 Å². The summed E-state index contributed by atoms with van der Waals surface area (Å²) >= 11 is 0. The van der Waals surface area contributed by atoms with Crippen molar-refractivity contribution in [3.63, 3.8) is 0 Å². The maximum Gasteiger partial charge on any atom is 0.338 e. The zero-order valence-corrected chi connectivity index (χ0v) is 20.4. The number of carbonyl (C=O) groups is 1. The minimum Gasteiger partial charge on any atom is -0.483 e. The fourth-order valence-corrected chi connectivity index (χ4v) is 4.14. The number of hydrogen-bond donors (Lipinski definition) is 1. The Kier molecular flexibility index (Phi) is 7.71. The zero-order chi connectivity index (χ0) is 24.8. The molecule has 0 radical (unpaired) electrons. The number of unbranched alkanes of at least 4 members (excludes halogenated alkanes) is 1. The largest absolute Gasteiger partial charge is 0.483 e. The zero-order valence-electron chi connectivity index (χ0n) is 20.4. The van der Waals surface area contributed by atoms with E-state index in [1.165, 1.54) is 12.1 Å². The maximum atomic E-state index is 13.2. The van der Waals surface area contributed by atoms with Gasteiger partial charge in [-0.25, -0.2) is 9.18 Å². The smallest absolute Gasteiger partial charge is 0.338 e. The van der Waals surface area contributed by atoms with Crippen LogP contribution in [-0.4, -0.2) is 24.3 Å². The summed E-state index contributed by atoms with van der Waals surface area (Å²) in [7, 11) is 0. The number of halogens is 1. The quantitative estimate of drug-likeness (QED) is 0.275. The lowest BCUT2D eigenvalue weighted by atomic mass is 9.87. The number of ether oxygens (including phenoxy) is 3. The van der Waals surface area contributed by atoms with E-state index in [4.69, 9.17) is 14.2 Å². The summed E-state index contributed by atoms with van der Waals surface area (Å²) in [6, 6.07) is 21.2. The van der Waals surface area contributed by atoms with Gasteiger partial charge in [0.1, 0.15) is 23.3 Å². The summed E-state index contributed by atoms with van der Waals surface area (Å²) in [4.78, 5) is 13.0. The Morgan fingerprint density at radius 2 is 1.80 bits per heavy atom. The van der Waals surface area contributed by atoms with Crippen molar-refractivity contribution in [2.45, 2.75) is 58.0 Å². The van der Waals surface area contributed by atoms with Gasteiger partial charge in [-0.2, -0.15) is 0 Å². The Morgan fingerprint density at radius 1 is 1.06 bits per heavy atom. The first-order valence-corrected chi connectivity index (χ1v) is 12.1. The summed E-state index contributed by atoms with van der Waals surface area (Å²) < 4.78 is 31.9. The molecule has 1 N–H and O–H groups in total. The molecule has 0 fully saturated rings. The molecule has 184 valence electrons. The number of esters is 1. The minimum absolute atomic E-state index is 0.259. The highest BCUT2D eigenvalue weighted by Gasteiger charge is 2.47. The van der Waals surface area contributed by atoms with Crippen molar-refractivity contribution in [2.75, 3.05) is 11.9 Å². The van der Waals surface area contributed by atoms with E-state index in [0.717, 1.165) is 29.7 Å². The molecular formula is C29H32FNO4. The third kappa shape index (κ3) is 6.01. The topological polar surface area (TPSA) is 56.8 Å². The van der Waals surface area contributed by atoms with Gasteiger partial charge in [0.05, 0.1) is 5.56 Å². The van der Waals surface area contributed by atoms with Crippen LogP contribution in [0.15, 0.2) is 72.8 Å². The van der Waals surface area contributed by atoms with Gasteiger partial charge in [-0.3, -0.25) is 0 Å². The molecule has 3 aromatic carbocycles. The maximum absolute atomic E-state index is 13.2. The summed E-state index contributed by atoms with van der Waals surface area (Å²) in [6.07, 6.45) is 0.759. The van der Waals surface area contributed by atoms with Gasteiger partial charge in [-0.15, -0.1) is 0 Å². The average molecular weight is 478 g/mol. The van der Waals surface area contributed by atoms with E-state index in [0.29, 0.717) is 24.5 Å². The Bertz CT molecular complexity index is 1130. The van der Waals surface area contributed by atoms with Crippen molar-refractivity contribution in [1.29, 1.82) is 0 Å². The lowest BCUT2D eigenvalue weighted by Crippen LogP contribution is -2.51. The van der Waals surface area contributed by atoms with E-state index in [9.17, 15) is 9.18 Å². The monoisotopic (exact) mass is 477 g/mol. The number of carbonyl (C=O) groups excluding carboxylic acids is 1. The molecule has 0 spiro atoms. The Hall–Kier alpha value is -3.38. The van der Waals surface area contributed by atoms with Crippen LogP contribution < -0.4 is 10.1 Å². The van der Waals surface area contributed by atoms with E-state index in [-0.39, 0.29) is 5.82 Å². The number of rotatable bonds is 9. The normalized spacial score (nSPS) is 18.3. The predicted molar refractivity (Wildman–Crippen MR) is 134 cm³/mol. The van der Waals surface area contributed by atoms with E-state index >= 15 is 0 Å². The highest BCUT2D eigenvalue weighted by atomic mass is 19.1. The number of nitrogens with one attached hydrogen (secondary N) is 1. The fourth-order valence-electron chi connectivity index (χ4n) is 4.14. The van der Waals surface area contributed by atoms with Crippen LogP contribution in [0.3, 0.4) is 0 Å². The molecule has 3 aromatic rings. The van der Waals surface area contributed by atoms with Crippen molar-refractivity contribution in [2.24, 2.45) is 0 Å². The number of benzene rings is 3. The van der Waals surface area contributed by atoms with Gasteiger partial charge >= 0.3 is 5.97 Å². The average Bonchev–Trinajstić information content (AvgIpc) is 2.86. The molecule has 0 bridgehead atoms. The standard InChI is InChI=1S/C29H32FNO4/c1-4-5-17-33-26-24-18-23(31-19-20-11-13-22(30)14-12-20)15-16-25(24)35-29(2,3)27(26)34-28(32)21-9-7-6-8-10-21/h6-16,18,26-27,31H,4-5,17,19H2,1-3H3. The summed E-state index contributed by atoms with van der Waals surface area (Å²) in [5, 5.41) is 3.38. The molecule has 2 atom stereocenters. The van der Waals surface area contributed by atoms with Gasteiger partial charge in [-0.1, -0.05) is 43.7 Å². The van der Waals surface area contributed by atoms with Gasteiger partial charge in [-0.05, 0) is 68.3 Å². The van der Waals surface area contributed by atoms with Crippen LogP contribution in [0.4, 0.5) is 10.1 Å².